The Balaban J connectivity index is 2.20. The van der Waals surface area contributed by atoms with Gasteiger partial charge in [0, 0.05) is 12.4 Å². The summed E-state index contributed by atoms with van der Waals surface area (Å²) in [6, 6.07) is 5.66. The van der Waals surface area contributed by atoms with E-state index in [1.165, 1.54) is 0 Å². The number of nitrogens with one attached hydrogen (secondary N) is 3. The molecule has 4 nitrogen and oxygen atoms in total. The van der Waals surface area contributed by atoms with Crippen LogP contribution in [0.5, 0.6) is 0 Å². The molecule has 0 amide bonds. The number of aromatic nitrogens is 2. The standard InChI is InChI=1S/C8H10N4/c9-6-3-5-11-8(6)12-7-2-1-4-10-7/h1-5,10-12H,9H2. The van der Waals surface area contributed by atoms with Gasteiger partial charge in [-0.1, -0.05) is 0 Å². The van der Waals surface area contributed by atoms with Crippen LogP contribution < -0.4 is 11.1 Å². The summed E-state index contributed by atoms with van der Waals surface area (Å²) in [5, 5.41) is 3.10. The number of aromatic amines is 2. The summed E-state index contributed by atoms with van der Waals surface area (Å²) in [7, 11) is 0. The second-order valence-corrected chi connectivity index (χ2v) is 2.52. The van der Waals surface area contributed by atoms with E-state index in [4.69, 9.17) is 5.73 Å². The third-order valence-electron chi connectivity index (χ3n) is 1.64. The molecule has 0 radical (unpaired) electrons. The van der Waals surface area contributed by atoms with Crippen LogP contribution in [0.25, 0.3) is 0 Å². The smallest absolute Gasteiger partial charge is 0.132 e. The zero-order chi connectivity index (χ0) is 8.39. The van der Waals surface area contributed by atoms with E-state index in [9.17, 15) is 0 Å². The topological polar surface area (TPSA) is 69.6 Å². The molecular weight excluding hydrogens is 152 g/mol. The molecule has 2 rings (SSSR count). The largest absolute Gasteiger partial charge is 0.396 e. The van der Waals surface area contributed by atoms with Gasteiger partial charge in [0.2, 0.25) is 0 Å². The molecule has 2 aromatic heterocycles. The number of anilines is 3. The van der Waals surface area contributed by atoms with Gasteiger partial charge in [0.15, 0.2) is 0 Å². The average Bonchev–Trinajstić information content (AvgIpc) is 2.65. The summed E-state index contributed by atoms with van der Waals surface area (Å²) in [5.74, 6) is 1.74. The maximum absolute atomic E-state index is 5.65. The molecule has 0 aliphatic rings. The van der Waals surface area contributed by atoms with E-state index >= 15 is 0 Å². The van der Waals surface area contributed by atoms with E-state index in [-0.39, 0.29) is 0 Å². The third-order valence-corrected chi connectivity index (χ3v) is 1.64. The van der Waals surface area contributed by atoms with Crippen molar-refractivity contribution in [3.63, 3.8) is 0 Å². The van der Waals surface area contributed by atoms with Gasteiger partial charge in [0.05, 0.1) is 5.69 Å². The fourth-order valence-electron chi connectivity index (χ4n) is 1.03. The Bertz CT molecular complexity index is 347. The monoisotopic (exact) mass is 162 g/mol. The molecule has 2 aromatic rings. The van der Waals surface area contributed by atoms with Crippen molar-refractivity contribution >= 4 is 17.3 Å². The third kappa shape index (κ3) is 1.14. The summed E-state index contributed by atoms with van der Waals surface area (Å²) in [6.45, 7) is 0. The normalized spacial score (nSPS) is 10.0. The van der Waals surface area contributed by atoms with Gasteiger partial charge in [0.1, 0.15) is 11.6 Å². The van der Waals surface area contributed by atoms with E-state index in [2.05, 4.69) is 15.3 Å². The number of nitrogens with two attached hydrogens (primary N) is 1. The molecular formula is C8H10N4. The lowest BCUT2D eigenvalue weighted by molar-refractivity contribution is 1.32. The second-order valence-electron chi connectivity index (χ2n) is 2.52. The van der Waals surface area contributed by atoms with Crippen molar-refractivity contribution in [1.29, 1.82) is 0 Å². The molecule has 0 aliphatic heterocycles. The van der Waals surface area contributed by atoms with Gasteiger partial charge in [-0.05, 0) is 18.2 Å². The zero-order valence-corrected chi connectivity index (χ0v) is 6.46. The summed E-state index contributed by atoms with van der Waals surface area (Å²) in [6.07, 6.45) is 3.64. The lowest BCUT2D eigenvalue weighted by Crippen LogP contribution is -1.94. The van der Waals surface area contributed by atoms with Gasteiger partial charge in [-0.3, -0.25) is 0 Å². The Kier molecular flexibility index (Phi) is 1.51. The van der Waals surface area contributed by atoms with Crippen LogP contribution in [0.1, 0.15) is 0 Å². The van der Waals surface area contributed by atoms with Gasteiger partial charge in [-0.15, -0.1) is 0 Å². The van der Waals surface area contributed by atoms with E-state index in [1.54, 1.807) is 6.20 Å². The highest BCUT2D eigenvalue weighted by atomic mass is 15.1. The number of hydrogen-bond donors (Lipinski definition) is 4. The Morgan fingerprint density at radius 2 is 2.08 bits per heavy atom. The molecule has 5 N–H and O–H groups in total. The highest BCUT2D eigenvalue weighted by Crippen LogP contribution is 2.18. The van der Waals surface area contributed by atoms with Crippen LogP contribution in [0.4, 0.5) is 17.3 Å². The van der Waals surface area contributed by atoms with E-state index in [1.807, 2.05) is 24.4 Å². The minimum Gasteiger partial charge on any atom is -0.396 e. The average molecular weight is 162 g/mol. The van der Waals surface area contributed by atoms with Crippen LogP contribution in [0.3, 0.4) is 0 Å². The first-order valence-corrected chi connectivity index (χ1v) is 3.69. The molecule has 0 spiro atoms. The molecule has 62 valence electrons. The van der Waals surface area contributed by atoms with E-state index < -0.39 is 0 Å². The first-order valence-electron chi connectivity index (χ1n) is 3.69. The quantitative estimate of drug-likeness (QED) is 0.542. The summed E-state index contributed by atoms with van der Waals surface area (Å²) in [5.41, 5.74) is 6.36. The number of nitrogen functional groups attached to an aromatic ring is 1. The number of H-pyrrole nitrogens is 2. The lowest BCUT2D eigenvalue weighted by Gasteiger charge is -2.01. The molecule has 0 aromatic carbocycles. The first-order chi connectivity index (χ1) is 5.86. The fourth-order valence-corrected chi connectivity index (χ4v) is 1.03. The zero-order valence-electron chi connectivity index (χ0n) is 6.46. The Hall–Kier alpha value is -1.84. The van der Waals surface area contributed by atoms with Crippen LogP contribution in [0.15, 0.2) is 30.6 Å². The summed E-state index contributed by atoms with van der Waals surface area (Å²) < 4.78 is 0. The van der Waals surface area contributed by atoms with E-state index in [0.717, 1.165) is 11.6 Å². The highest BCUT2D eigenvalue weighted by Gasteiger charge is 1.98. The second kappa shape index (κ2) is 2.65. The van der Waals surface area contributed by atoms with Crippen LogP contribution in [0.2, 0.25) is 0 Å². The van der Waals surface area contributed by atoms with Crippen LogP contribution in [0, 0.1) is 0 Å². The first kappa shape index (κ1) is 6.84. The van der Waals surface area contributed by atoms with Crippen molar-refractivity contribution in [3.05, 3.63) is 30.6 Å². The Morgan fingerprint density at radius 1 is 1.17 bits per heavy atom. The molecule has 4 heteroatoms. The summed E-state index contributed by atoms with van der Waals surface area (Å²) in [4.78, 5) is 6.00. The molecule has 2 heterocycles. The summed E-state index contributed by atoms with van der Waals surface area (Å²) >= 11 is 0. The molecule has 0 bridgehead atoms. The minimum absolute atomic E-state index is 0.713. The predicted octanol–water partition coefficient (Wildman–Crippen LogP) is 1.67. The van der Waals surface area contributed by atoms with Crippen LogP contribution in [-0.2, 0) is 0 Å². The van der Waals surface area contributed by atoms with Gasteiger partial charge in [0.25, 0.3) is 0 Å². The minimum atomic E-state index is 0.713. The number of hydrogen-bond acceptors (Lipinski definition) is 2. The molecule has 0 aliphatic carbocycles. The van der Waals surface area contributed by atoms with Gasteiger partial charge < -0.3 is 21.0 Å². The Labute approximate surface area is 69.8 Å². The van der Waals surface area contributed by atoms with Crippen molar-refractivity contribution in [3.8, 4) is 0 Å². The maximum atomic E-state index is 5.65. The predicted molar refractivity (Wildman–Crippen MR) is 49.3 cm³/mol. The molecule has 0 saturated heterocycles. The molecule has 0 fully saturated rings. The lowest BCUT2D eigenvalue weighted by atomic mass is 10.5. The van der Waals surface area contributed by atoms with Crippen LogP contribution >= 0.6 is 0 Å². The Morgan fingerprint density at radius 3 is 2.67 bits per heavy atom. The molecule has 0 atom stereocenters. The van der Waals surface area contributed by atoms with Crippen molar-refractivity contribution in [1.82, 2.24) is 9.97 Å². The van der Waals surface area contributed by atoms with Crippen molar-refractivity contribution in [2.75, 3.05) is 11.1 Å². The van der Waals surface area contributed by atoms with Gasteiger partial charge in [-0.2, -0.15) is 0 Å². The fraction of sp³-hybridized carbons (Fsp3) is 0. The molecule has 12 heavy (non-hydrogen) atoms. The SMILES string of the molecule is Nc1cc[nH]c1Nc1ccc[nH]1. The van der Waals surface area contributed by atoms with Gasteiger partial charge >= 0.3 is 0 Å². The van der Waals surface area contributed by atoms with Crippen molar-refractivity contribution in [2.24, 2.45) is 0 Å². The number of rotatable bonds is 2. The van der Waals surface area contributed by atoms with Crippen molar-refractivity contribution < 1.29 is 0 Å². The molecule has 0 unspecified atom stereocenters. The van der Waals surface area contributed by atoms with Gasteiger partial charge in [-0.25, -0.2) is 0 Å². The highest BCUT2D eigenvalue weighted by molar-refractivity contribution is 5.67. The maximum Gasteiger partial charge on any atom is 0.132 e. The molecule has 0 saturated carbocycles. The van der Waals surface area contributed by atoms with Crippen LogP contribution in [-0.4, -0.2) is 9.97 Å². The van der Waals surface area contributed by atoms with Crippen molar-refractivity contribution in [2.45, 2.75) is 0 Å². The van der Waals surface area contributed by atoms with E-state index in [0.29, 0.717) is 5.69 Å².